The van der Waals surface area contributed by atoms with Crippen molar-refractivity contribution in [3.63, 3.8) is 0 Å². The van der Waals surface area contributed by atoms with Crippen LogP contribution >= 0.6 is 15.9 Å². The van der Waals surface area contributed by atoms with Gasteiger partial charge in [0.1, 0.15) is 12.2 Å². The summed E-state index contributed by atoms with van der Waals surface area (Å²) in [6.45, 7) is 1.21. The largest absolute Gasteiger partial charge is 0.446 e. The van der Waals surface area contributed by atoms with Crippen LogP contribution in [0, 0.1) is 17.0 Å². The molecule has 0 heterocycles. The third kappa shape index (κ3) is 6.48. The summed E-state index contributed by atoms with van der Waals surface area (Å²) >= 11 is 3.28. The van der Waals surface area contributed by atoms with Gasteiger partial charge in [0.2, 0.25) is 6.10 Å². The highest BCUT2D eigenvalue weighted by Crippen LogP contribution is 2.27. The van der Waals surface area contributed by atoms with Gasteiger partial charge in [-0.3, -0.25) is 24.5 Å². The van der Waals surface area contributed by atoms with Gasteiger partial charge in [-0.25, -0.2) is 0 Å². The van der Waals surface area contributed by atoms with Crippen LogP contribution in [0.5, 0.6) is 0 Å². The number of nitro benzene ring substituents is 1. The number of benzene rings is 3. The zero-order valence-electron chi connectivity index (χ0n) is 18.0. The molecule has 0 radical (unpaired) electrons. The SMILES string of the molecule is Cc1ccc(NC(=O)[C@H](OC(=O)CNC(=O)c2ccc(Br)cc2)c2ccccc2)c([N+](=O)[O-])c1. The van der Waals surface area contributed by atoms with Gasteiger partial charge in [-0.1, -0.05) is 52.3 Å². The zero-order chi connectivity index (χ0) is 24.7. The standard InChI is InChI=1S/C24H20BrN3O6/c1-15-7-12-19(20(13-15)28(32)33)27-24(31)22(16-5-3-2-4-6-16)34-21(29)14-26-23(30)17-8-10-18(25)11-9-17/h2-13,22H,14H2,1H3,(H,26,30)(H,27,31)/t22-/m1/s1. The number of nitrogens with zero attached hydrogens (tertiary/aromatic N) is 1. The van der Waals surface area contributed by atoms with Crippen molar-refractivity contribution in [2.45, 2.75) is 13.0 Å². The van der Waals surface area contributed by atoms with Crippen molar-refractivity contribution in [2.24, 2.45) is 0 Å². The predicted octanol–water partition coefficient (Wildman–Crippen LogP) is 4.32. The molecule has 34 heavy (non-hydrogen) atoms. The number of carbonyl (C=O) groups excluding carboxylic acids is 3. The second-order valence-corrected chi connectivity index (χ2v) is 8.15. The molecule has 9 nitrogen and oxygen atoms in total. The first kappa shape index (κ1) is 24.6. The molecule has 0 aliphatic heterocycles. The fourth-order valence-electron chi connectivity index (χ4n) is 3.03. The Hall–Kier alpha value is -4.05. The Labute approximate surface area is 203 Å². The van der Waals surface area contributed by atoms with Gasteiger partial charge < -0.3 is 15.4 Å². The fourth-order valence-corrected chi connectivity index (χ4v) is 3.29. The Bertz CT molecular complexity index is 1220. The van der Waals surface area contributed by atoms with Gasteiger partial charge in [-0.2, -0.15) is 0 Å². The predicted molar refractivity (Wildman–Crippen MR) is 128 cm³/mol. The van der Waals surface area contributed by atoms with Crippen LogP contribution in [0.25, 0.3) is 0 Å². The van der Waals surface area contributed by atoms with Crippen molar-refractivity contribution in [1.82, 2.24) is 5.32 Å². The van der Waals surface area contributed by atoms with E-state index in [2.05, 4.69) is 26.6 Å². The third-order valence-corrected chi connectivity index (χ3v) is 5.23. The van der Waals surface area contributed by atoms with Gasteiger partial charge in [0.25, 0.3) is 17.5 Å². The topological polar surface area (TPSA) is 128 Å². The number of esters is 1. The molecule has 0 fully saturated rings. The average molecular weight is 526 g/mol. The molecule has 0 aromatic heterocycles. The second-order valence-electron chi connectivity index (χ2n) is 7.24. The lowest BCUT2D eigenvalue weighted by molar-refractivity contribution is -0.384. The molecule has 3 aromatic rings. The molecule has 2 amide bonds. The monoisotopic (exact) mass is 525 g/mol. The number of anilines is 1. The van der Waals surface area contributed by atoms with E-state index in [1.807, 2.05) is 0 Å². The highest BCUT2D eigenvalue weighted by atomic mass is 79.9. The lowest BCUT2D eigenvalue weighted by Crippen LogP contribution is -2.33. The number of hydrogen-bond acceptors (Lipinski definition) is 6. The lowest BCUT2D eigenvalue weighted by Gasteiger charge is -2.18. The summed E-state index contributed by atoms with van der Waals surface area (Å²) in [6.07, 6.45) is -1.39. The van der Waals surface area contributed by atoms with E-state index in [9.17, 15) is 24.5 Å². The van der Waals surface area contributed by atoms with Crippen molar-refractivity contribution in [1.29, 1.82) is 0 Å². The molecule has 174 valence electrons. The Morgan fingerprint density at radius 2 is 1.71 bits per heavy atom. The van der Waals surface area contributed by atoms with Crippen molar-refractivity contribution < 1.29 is 24.0 Å². The fraction of sp³-hybridized carbons (Fsp3) is 0.125. The van der Waals surface area contributed by atoms with E-state index in [1.54, 1.807) is 67.6 Å². The zero-order valence-corrected chi connectivity index (χ0v) is 19.6. The van der Waals surface area contributed by atoms with E-state index in [-0.39, 0.29) is 11.4 Å². The number of hydrogen-bond donors (Lipinski definition) is 2. The van der Waals surface area contributed by atoms with Gasteiger partial charge in [-0.15, -0.1) is 0 Å². The number of nitrogens with one attached hydrogen (secondary N) is 2. The van der Waals surface area contributed by atoms with Gasteiger partial charge in [0.15, 0.2) is 0 Å². The molecule has 0 spiro atoms. The van der Waals surface area contributed by atoms with E-state index < -0.39 is 35.4 Å². The molecule has 1 atom stereocenters. The summed E-state index contributed by atoms with van der Waals surface area (Å²) in [7, 11) is 0. The summed E-state index contributed by atoms with van der Waals surface area (Å²) in [6, 6.07) is 19.1. The number of rotatable bonds is 8. The quantitative estimate of drug-likeness (QED) is 0.256. The molecular formula is C24H20BrN3O6. The average Bonchev–Trinajstić information content (AvgIpc) is 2.83. The van der Waals surface area contributed by atoms with Crippen molar-refractivity contribution in [3.05, 3.63) is 104 Å². The Morgan fingerprint density at radius 3 is 2.35 bits per heavy atom. The molecule has 0 saturated heterocycles. The number of carbonyl (C=O) groups is 3. The maximum atomic E-state index is 13.0. The lowest BCUT2D eigenvalue weighted by atomic mass is 10.1. The van der Waals surface area contributed by atoms with Crippen molar-refractivity contribution in [3.8, 4) is 0 Å². The van der Waals surface area contributed by atoms with Crippen LogP contribution in [-0.4, -0.2) is 29.3 Å². The molecule has 0 saturated carbocycles. The van der Waals surface area contributed by atoms with E-state index in [0.29, 0.717) is 16.7 Å². The Kier molecular flexibility index (Phi) is 8.10. The molecule has 2 N–H and O–H groups in total. The second kappa shape index (κ2) is 11.2. The van der Waals surface area contributed by atoms with E-state index in [4.69, 9.17) is 4.74 Å². The minimum absolute atomic E-state index is 0.0267. The number of amides is 2. The Balaban J connectivity index is 1.73. The molecule has 0 bridgehead atoms. The van der Waals surface area contributed by atoms with Gasteiger partial charge in [-0.05, 0) is 42.8 Å². The number of nitro groups is 1. The first-order valence-corrected chi connectivity index (χ1v) is 10.9. The van der Waals surface area contributed by atoms with Crippen molar-refractivity contribution in [2.75, 3.05) is 11.9 Å². The van der Waals surface area contributed by atoms with Crippen LogP contribution in [0.3, 0.4) is 0 Å². The minimum atomic E-state index is -1.39. The number of aryl methyl sites for hydroxylation is 1. The molecule has 0 aliphatic carbocycles. The number of ether oxygens (including phenoxy) is 1. The summed E-state index contributed by atoms with van der Waals surface area (Å²) in [5, 5.41) is 16.3. The van der Waals surface area contributed by atoms with E-state index >= 15 is 0 Å². The minimum Gasteiger partial charge on any atom is -0.446 e. The van der Waals surface area contributed by atoms with Gasteiger partial charge >= 0.3 is 5.97 Å². The molecule has 3 aromatic carbocycles. The first-order chi connectivity index (χ1) is 16.2. The summed E-state index contributed by atoms with van der Waals surface area (Å²) in [4.78, 5) is 48.5. The van der Waals surface area contributed by atoms with Crippen LogP contribution in [0.15, 0.2) is 77.3 Å². The van der Waals surface area contributed by atoms with Gasteiger partial charge in [0.05, 0.1) is 4.92 Å². The van der Waals surface area contributed by atoms with Crippen LogP contribution in [-0.2, 0) is 14.3 Å². The van der Waals surface area contributed by atoms with E-state index in [0.717, 1.165) is 4.47 Å². The van der Waals surface area contributed by atoms with Crippen LogP contribution < -0.4 is 10.6 Å². The van der Waals surface area contributed by atoms with Crippen LogP contribution in [0.2, 0.25) is 0 Å². The van der Waals surface area contributed by atoms with Crippen LogP contribution in [0.4, 0.5) is 11.4 Å². The summed E-state index contributed by atoms with van der Waals surface area (Å²) in [5.41, 5.74) is 1.05. The molecule has 0 aliphatic rings. The maximum Gasteiger partial charge on any atom is 0.326 e. The molecule has 10 heteroatoms. The first-order valence-electron chi connectivity index (χ1n) is 10.1. The van der Waals surface area contributed by atoms with Gasteiger partial charge in [0, 0.05) is 21.7 Å². The summed E-state index contributed by atoms with van der Waals surface area (Å²) in [5.74, 6) is -2.11. The molecule has 0 unspecified atom stereocenters. The van der Waals surface area contributed by atoms with Crippen molar-refractivity contribution >= 4 is 45.1 Å². The molecule has 3 rings (SSSR count). The summed E-state index contributed by atoms with van der Waals surface area (Å²) < 4.78 is 6.16. The molecular weight excluding hydrogens is 506 g/mol. The normalized spacial score (nSPS) is 11.2. The highest BCUT2D eigenvalue weighted by molar-refractivity contribution is 9.10. The highest BCUT2D eigenvalue weighted by Gasteiger charge is 2.27. The third-order valence-electron chi connectivity index (χ3n) is 4.70. The van der Waals surface area contributed by atoms with Crippen LogP contribution in [0.1, 0.15) is 27.6 Å². The smallest absolute Gasteiger partial charge is 0.326 e. The maximum absolute atomic E-state index is 13.0. The Morgan fingerprint density at radius 1 is 1.03 bits per heavy atom. The number of halogens is 1. The van der Waals surface area contributed by atoms with E-state index in [1.165, 1.54) is 12.1 Å².